The Morgan fingerprint density at radius 2 is 2.00 bits per heavy atom. The van der Waals surface area contributed by atoms with Crippen molar-refractivity contribution >= 4 is 11.9 Å². The first-order valence-electron chi connectivity index (χ1n) is 7.92. The number of benzene rings is 1. The fourth-order valence-corrected chi connectivity index (χ4v) is 2.67. The second kappa shape index (κ2) is 7.29. The van der Waals surface area contributed by atoms with E-state index in [0.717, 1.165) is 12.0 Å². The number of rotatable bonds is 5. The normalized spacial score (nSPS) is 20.6. The van der Waals surface area contributed by atoms with Crippen molar-refractivity contribution in [2.75, 3.05) is 6.54 Å². The molecule has 1 aromatic carbocycles. The maximum absolute atomic E-state index is 12.2. The smallest absolute Gasteiger partial charge is 0.315 e. The highest BCUT2D eigenvalue weighted by Gasteiger charge is 2.33. The van der Waals surface area contributed by atoms with Gasteiger partial charge in [0.2, 0.25) is 5.91 Å². The lowest BCUT2D eigenvalue weighted by molar-refractivity contribution is -0.129. The number of urea groups is 1. The molecule has 3 unspecified atom stereocenters. The van der Waals surface area contributed by atoms with Gasteiger partial charge >= 0.3 is 6.03 Å². The van der Waals surface area contributed by atoms with Crippen molar-refractivity contribution in [2.24, 2.45) is 0 Å². The van der Waals surface area contributed by atoms with Crippen LogP contribution in [0.5, 0.6) is 0 Å². The Bertz CT molecular complexity index is 518. The fraction of sp³-hybridized carbons (Fsp3) is 0.529. The van der Waals surface area contributed by atoms with Gasteiger partial charge in [0.25, 0.3) is 0 Å². The molecule has 2 rings (SSSR count). The standard InChI is InChI=1S/C17H25N3O2/c1-4-12(2)18-17(22)19-15-10-16(21)20(11-15)13(3)14-8-6-5-7-9-14/h5-9,12-13,15H,4,10-11H2,1-3H3,(H2,18,19,22). The Morgan fingerprint density at radius 3 is 2.64 bits per heavy atom. The Morgan fingerprint density at radius 1 is 1.32 bits per heavy atom. The van der Waals surface area contributed by atoms with Gasteiger partial charge in [-0.1, -0.05) is 37.3 Å². The number of nitrogens with one attached hydrogen (secondary N) is 2. The van der Waals surface area contributed by atoms with Crippen molar-refractivity contribution in [1.82, 2.24) is 15.5 Å². The molecule has 3 atom stereocenters. The summed E-state index contributed by atoms with van der Waals surface area (Å²) in [4.78, 5) is 25.9. The van der Waals surface area contributed by atoms with Gasteiger partial charge < -0.3 is 15.5 Å². The van der Waals surface area contributed by atoms with Crippen molar-refractivity contribution in [3.8, 4) is 0 Å². The number of hydrogen-bond donors (Lipinski definition) is 2. The highest BCUT2D eigenvalue weighted by molar-refractivity contribution is 5.82. The Kier molecular flexibility index (Phi) is 5.41. The maximum atomic E-state index is 12.2. The van der Waals surface area contributed by atoms with Crippen LogP contribution in [0.25, 0.3) is 0 Å². The van der Waals surface area contributed by atoms with E-state index in [9.17, 15) is 9.59 Å². The Hall–Kier alpha value is -2.04. The first kappa shape index (κ1) is 16.3. The first-order chi connectivity index (χ1) is 10.5. The van der Waals surface area contributed by atoms with Crippen LogP contribution in [0.2, 0.25) is 0 Å². The Labute approximate surface area is 132 Å². The summed E-state index contributed by atoms with van der Waals surface area (Å²) in [6.07, 6.45) is 1.25. The lowest BCUT2D eigenvalue weighted by Gasteiger charge is -2.25. The van der Waals surface area contributed by atoms with Gasteiger partial charge in [0, 0.05) is 19.0 Å². The minimum Gasteiger partial charge on any atom is -0.336 e. The molecular formula is C17H25N3O2. The summed E-state index contributed by atoms with van der Waals surface area (Å²) < 4.78 is 0. The van der Waals surface area contributed by atoms with Gasteiger partial charge in [0.05, 0.1) is 12.1 Å². The highest BCUT2D eigenvalue weighted by atomic mass is 16.2. The molecule has 0 spiro atoms. The number of carbonyl (C=O) groups excluding carboxylic acids is 2. The predicted octanol–water partition coefficient (Wildman–Crippen LogP) is 2.45. The van der Waals surface area contributed by atoms with E-state index in [1.165, 1.54) is 0 Å². The van der Waals surface area contributed by atoms with Gasteiger partial charge in [-0.25, -0.2) is 4.79 Å². The molecule has 0 aromatic heterocycles. The number of amides is 3. The zero-order chi connectivity index (χ0) is 16.1. The van der Waals surface area contributed by atoms with Crippen LogP contribution in [0.3, 0.4) is 0 Å². The van der Waals surface area contributed by atoms with Crippen LogP contribution in [0.1, 0.15) is 45.2 Å². The molecule has 5 nitrogen and oxygen atoms in total. The van der Waals surface area contributed by atoms with E-state index in [4.69, 9.17) is 0 Å². The minimum absolute atomic E-state index is 0.0260. The summed E-state index contributed by atoms with van der Waals surface area (Å²) in [6, 6.07) is 9.80. The summed E-state index contributed by atoms with van der Waals surface area (Å²) in [5.74, 6) is 0.0881. The van der Waals surface area contributed by atoms with Gasteiger partial charge in [-0.15, -0.1) is 0 Å². The average Bonchev–Trinajstić information content (AvgIpc) is 2.87. The third kappa shape index (κ3) is 4.00. The molecule has 1 aliphatic rings. The summed E-state index contributed by atoms with van der Waals surface area (Å²) >= 11 is 0. The zero-order valence-electron chi connectivity index (χ0n) is 13.5. The summed E-state index contributed by atoms with van der Waals surface area (Å²) in [5.41, 5.74) is 1.11. The largest absolute Gasteiger partial charge is 0.336 e. The summed E-state index contributed by atoms with van der Waals surface area (Å²) in [5, 5.41) is 5.77. The van der Waals surface area contributed by atoms with E-state index in [2.05, 4.69) is 10.6 Å². The van der Waals surface area contributed by atoms with Crippen LogP contribution in [0, 0.1) is 0 Å². The quantitative estimate of drug-likeness (QED) is 0.877. The van der Waals surface area contributed by atoms with Crippen LogP contribution in [0.4, 0.5) is 4.79 Å². The Balaban J connectivity index is 1.92. The van der Waals surface area contributed by atoms with Crippen LogP contribution in [-0.2, 0) is 4.79 Å². The third-order valence-electron chi connectivity index (χ3n) is 4.23. The maximum Gasteiger partial charge on any atom is 0.315 e. The molecule has 0 aliphatic carbocycles. The van der Waals surface area contributed by atoms with E-state index in [1.807, 2.05) is 56.0 Å². The number of likely N-dealkylation sites (tertiary alicyclic amines) is 1. The second-order valence-corrected chi connectivity index (χ2v) is 5.96. The van der Waals surface area contributed by atoms with Crippen LogP contribution < -0.4 is 10.6 Å². The second-order valence-electron chi connectivity index (χ2n) is 5.96. The van der Waals surface area contributed by atoms with Gasteiger partial charge in [0.15, 0.2) is 0 Å². The average molecular weight is 303 g/mol. The molecule has 0 radical (unpaired) electrons. The van der Waals surface area contributed by atoms with Crippen molar-refractivity contribution in [2.45, 2.75) is 51.7 Å². The molecule has 1 aromatic rings. The molecule has 3 amide bonds. The summed E-state index contributed by atoms with van der Waals surface area (Å²) in [6.45, 7) is 6.56. The molecule has 1 fully saturated rings. The van der Waals surface area contributed by atoms with E-state index >= 15 is 0 Å². The van der Waals surface area contributed by atoms with Crippen LogP contribution >= 0.6 is 0 Å². The van der Waals surface area contributed by atoms with Gasteiger partial charge in [0.1, 0.15) is 0 Å². The molecule has 2 N–H and O–H groups in total. The third-order valence-corrected chi connectivity index (χ3v) is 4.23. The lowest BCUT2D eigenvalue weighted by atomic mass is 10.1. The van der Waals surface area contributed by atoms with Crippen molar-refractivity contribution in [1.29, 1.82) is 0 Å². The lowest BCUT2D eigenvalue weighted by Crippen LogP contribution is -2.46. The van der Waals surface area contributed by atoms with Crippen LogP contribution in [0.15, 0.2) is 30.3 Å². The molecule has 1 heterocycles. The van der Waals surface area contributed by atoms with E-state index < -0.39 is 0 Å². The van der Waals surface area contributed by atoms with E-state index in [1.54, 1.807) is 0 Å². The van der Waals surface area contributed by atoms with E-state index in [0.29, 0.717) is 13.0 Å². The highest BCUT2D eigenvalue weighted by Crippen LogP contribution is 2.25. The van der Waals surface area contributed by atoms with Gasteiger partial charge in [-0.05, 0) is 25.8 Å². The molecule has 0 saturated carbocycles. The predicted molar refractivity (Wildman–Crippen MR) is 86.4 cm³/mol. The van der Waals surface area contributed by atoms with Crippen molar-refractivity contribution in [3.63, 3.8) is 0 Å². The molecule has 1 saturated heterocycles. The topological polar surface area (TPSA) is 61.4 Å². The molecule has 1 aliphatic heterocycles. The van der Waals surface area contributed by atoms with Crippen molar-refractivity contribution < 1.29 is 9.59 Å². The number of nitrogens with zero attached hydrogens (tertiary/aromatic N) is 1. The van der Waals surface area contributed by atoms with Crippen LogP contribution in [-0.4, -0.2) is 35.5 Å². The van der Waals surface area contributed by atoms with Crippen molar-refractivity contribution in [3.05, 3.63) is 35.9 Å². The van der Waals surface area contributed by atoms with E-state index in [-0.39, 0.29) is 30.1 Å². The number of carbonyl (C=O) groups is 2. The molecule has 5 heteroatoms. The zero-order valence-corrected chi connectivity index (χ0v) is 13.5. The molecular weight excluding hydrogens is 278 g/mol. The molecule has 120 valence electrons. The number of hydrogen-bond acceptors (Lipinski definition) is 2. The minimum atomic E-state index is -0.193. The van der Waals surface area contributed by atoms with Gasteiger partial charge in [-0.3, -0.25) is 4.79 Å². The fourth-order valence-electron chi connectivity index (χ4n) is 2.67. The first-order valence-corrected chi connectivity index (χ1v) is 7.92. The monoisotopic (exact) mass is 303 g/mol. The SMILES string of the molecule is CCC(C)NC(=O)NC1CC(=O)N(C(C)c2ccccc2)C1. The summed E-state index contributed by atoms with van der Waals surface area (Å²) in [7, 11) is 0. The van der Waals surface area contributed by atoms with Gasteiger partial charge in [-0.2, -0.15) is 0 Å². The molecule has 0 bridgehead atoms. The molecule has 22 heavy (non-hydrogen) atoms.